The molecule has 1 saturated carbocycles. The van der Waals surface area contributed by atoms with Gasteiger partial charge in [-0.15, -0.1) is 0 Å². The van der Waals surface area contributed by atoms with Gasteiger partial charge in [0.15, 0.2) is 0 Å². The average molecular weight is 223 g/mol. The van der Waals surface area contributed by atoms with Crippen molar-refractivity contribution in [3.8, 4) is 0 Å². The standard InChI is InChI=1S/C13H21NS/c1-2-12-5-10(1)6-13(12)8-14-7-11-3-4-15-9-11/h1-2,10-14H,3-9H2. The maximum atomic E-state index is 3.71. The third-order valence-electron chi connectivity index (χ3n) is 4.28. The summed E-state index contributed by atoms with van der Waals surface area (Å²) < 4.78 is 0. The lowest BCUT2D eigenvalue weighted by atomic mass is 9.93. The lowest BCUT2D eigenvalue weighted by Gasteiger charge is -2.19. The highest BCUT2D eigenvalue weighted by Crippen LogP contribution is 2.42. The van der Waals surface area contributed by atoms with Crippen molar-refractivity contribution >= 4 is 11.8 Å². The summed E-state index contributed by atoms with van der Waals surface area (Å²) >= 11 is 2.13. The largest absolute Gasteiger partial charge is 0.316 e. The molecule has 1 N–H and O–H groups in total. The zero-order chi connectivity index (χ0) is 10.1. The molecule has 15 heavy (non-hydrogen) atoms. The van der Waals surface area contributed by atoms with Crippen LogP contribution in [0.4, 0.5) is 0 Å². The van der Waals surface area contributed by atoms with Crippen LogP contribution in [0.25, 0.3) is 0 Å². The minimum atomic E-state index is 0.917. The van der Waals surface area contributed by atoms with Crippen molar-refractivity contribution in [2.24, 2.45) is 23.7 Å². The molecule has 2 heteroatoms. The first-order valence-corrected chi connectivity index (χ1v) is 7.54. The smallest absolute Gasteiger partial charge is 0.00122 e. The molecule has 4 unspecified atom stereocenters. The van der Waals surface area contributed by atoms with Crippen molar-refractivity contribution in [2.75, 3.05) is 24.6 Å². The van der Waals surface area contributed by atoms with Crippen molar-refractivity contribution in [3.05, 3.63) is 12.2 Å². The summed E-state index contributed by atoms with van der Waals surface area (Å²) in [7, 11) is 0. The van der Waals surface area contributed by atoms with Gasteiger partial charge in [-0.05, 0) is 67.5 Å². The van der Waals surface area contributed by atoms with Crippen molar-refractivity contribution in [1.82, 2.24) is 5.32 Å². The zero-order valence-electron chi connectivity index (χ0n) is 9.32. The molecule has 0 aromatic rings. The van der Waals surface area contributed by atoms with E-state index in [1.807, 2.05) is 0 Å². The summed E-state index contributed by atoms with van der Waals surface area (Å²) in [6, 6.07) is 0. The number of nitrogens with one attached hydrogen (secondary N) is 1. The molecular weight excluding hydrogens is 202 g/mol. The molecule has 1 heterocycles. The topological polar surface area (TPSA) is 12.0 Å². The van der Waals surface area contributed by atoms with E-state index in [1.54, 1.807) is 0 Å². The van der Waals surface area contributed by atoms with E-state index in [9.17, 15) is 0 Å². The highest BCUT2D eigenvalue weighted by molar-refractivity contribution is 7.99. The Balaban J connectivity index is 1.38. The Kier molecular flexibility index (Phi) is 3.07. The summed E-state index contributed by atoms with van der Waals surface area (Å²) in [6.45, 7) is 2.54. The lowest BCUT2D eigenvalue weighted by Crippen LogP contribution is -2.29. The molecular formula is C13H21NS. The third-order valence-corrected chi connectivity index (χ3v) is 5.51. The van der Waals surface area contributed by atoms with Crippen LogP contribution in [-0.4, -0.2) is 24.6 Å². The maximum absolute atomic E-state index is 3.71. The van der Waals surface area contributed by atoms with Gasteiger partial charge in [-0.3, -0.25) is 0 Å². The Bertz CT molecular complexity index is 245. The van der Waals surface area contributed by atoms with E-state index < -0.39 is 0 Å². The van der Waals surface area contributed by atoms with Crippen LogP contribution in [0.1, 0.15) is 19.3 Å². The first-order chi connectivity index (χ1) is 7.42. The second kappa shape index (κ2) is 4.50. The summed E-state index contributed by atoms with van der Waals surface area (Å²) in [5.41, 5.74) is 0. The summed E-state index contributed by atoms with van der Waals surface area (Å²) in [6.07, 6.45) is 9.24. The predicted octanol–water partition coefficient (Wildman–Crippen LogP) is 2.54. The Morgan fingerprint density at radius 2 is 2.20 bits per heavy atom. The maximum Gasteiger partial charge on any atom is -0.00122 e. The third kappa shape index (κ3) is 2.26. The van der Waals surface area contributed by atoms with E-state index in [0.717, 1.165) is 23.7 Å². The van der Waals surface area contributed by atoms with Crippen LogP contribution < -0.4 is 5.32 Å². The van der Waals surface area contributed by atoms with Gasteiger partial charge < -0.3 is 5.32 Å². The molecule has 0 amide bonds. The summed E-state index contributed by atoms with van der Waals surface area (Å²) in [5, 5.41) is 3.71. The molecule has 3 aliphatic rings. The van der Waals surface area contributed by atoms with Crippen LogP contribution in [-0.2, 0) is 0 Å². The van der Waals surface area contributed by atoms with E-state index in [-0.39, 0.29) is 0 Å². The normalized spacial score (nSPS) is 42.9. The van der Waals surface area contributed by atoms with Gasteiger partial charge in [0.1, 0.15) is 0 Å². The molecule has 0 spiro atoms. The van der Waals surface area contributed by atoms with Crippen molar-refractivity contribution in [2.45, 2.75) is 19.3 Å². The van der Waals surface area contributed by atoms with Crippen molar-refractivity contribution in [3.63, 3.8) is 0 Å². The van der Waals surface area contributed by atoms with Gasteiger partial charge in [0.25, 0.3) is 0 Å². The Hall–Kier alpha value is 0.0500. The van der Waals surface area contributed by atoms with Crippen LogP contribution in [0, 0.1) is 23.7 Å². The van der Waals surface area contributed by atoms with Crippen molar-refractivity contribution < 1.29 is 0 Å². The lowest BCUT2D eigenvalue weighted by molar-refractivity contribution is 0.396. The van der Waals surface area contributed by atoms with Crippen LogP contribution in [0.15, 0.2) is 12.2 Å². The average Bonchev–Trinajstić information content (AvgIpc) is 2.93. The number of allylic oxidation sites excluding steroid dienone is 2. The van der Waals surface area contributed by atoms with Crippen molar-refractivity contribution in [1.29, 1.82) is 0 Å². The SMILES string of the molecule is C1=CC2CC1CC2CNCC1CCSC1. The number of thioether (sulfide) groups is 1. The van der Waals surface area contributed by atoms with E-state index in [2.05, 4.69) is 29.2 Å². The molecule has 3 rings (SSSR count). The fourth-order valence-corrected chi connectivity index (χ4v) is 4.63. The quantitative estimate of drug-likeness (QED) is 0.735. The second-order valence-electron chi connectivity index (χ2n) is 5.43. The van der Waals surface area contributed by atoms with E-state index in [4.69, 9.17) is 0 Å². The van der Waals surface area contributed by atoms with E-state index in [0.29, 0.717) is 0 Å². The number of rotatable bonds is 4. The van der Waals surface area contributed by atoms with E-state index >= 15 is 0 Å². The number of hydrogen-bond donors (Lipinski definition) is 1. The van der Waals surface area contributed by atoms with Crippen LogP contribution >= 0.6 is 11.8 Å². The van der Waals surface area contributed by atoms with E-state index in [1.165, 1.54) is 43.9 Å². The number of fused-ring (bicyclic) bond motifs is 2. The fourth-order valence-electron chi connectivity index (χ4n) is 3.35. The molecule has 0 aromatic heterocycles. The minimum absolute atomic E-state index is 0.917. The minimum Gasteiger partial charge on any atom is -0.316 e. The Morgan fingerprint density at radius 3 is 2.87 bits per heavy atom. The molecule has 2 bridgehead atoms. The molecule has 2 aliphatic carbocycles. The molecule has 0 aromatic carbocycles. The van der Waals surface area contributed by atoms with Gasteiger partial charge in [0, 0.05) is 0 Å². The van der Waals surface area contributed by atoms with Gasteiger partial charge in [-0.2, -0.15) is 11.8 Å². The number of hydrogen-bond acceptors (Lipinski definition) is 2. The second-order valence-corrected chi connectivity index (χ2v) is 6.58. The summed E-state index contributed by atoms with van der Waals surface area (Å²) in [5.74, 6) is 6.55. The van der Waals surface area contributed by atoms with Gasteiger partial charge in [0.05, 0.1) is 0 Å². The van der Waals surface area contributed by atoms with Crippen LogP contribution in [0.3, 0.4) is 0 Å². The molecule has 1 saturated heterocycles. The van der Waals surface area contributed by atoms with Crippen LogP contribution in [0.5, 0.6) is 0 Å². The van der Waals surface area contributed by atoms with Gasteiger partial charge >= 0.3 is 0 Å². The first kappa shape index (κ1) is 10.2. The summed E-state index contributed by atoms with van der Waals surface area (Å²) in [4.78, 5) is 0. The monoisotopic (exact) mass is 223 g/mol. The molecule has 2 fully saturated rings. The van der Waals surface area contributed by atoms with Crippen LogP contribution in [0.2, 0.25) is 0 Å². The highest BCUT2D eigenvalue weighted by Gasteiger charge is 2.35. The molecule has 0 radical (unpaired) electrons. The molecule has 1 aliphatic heterocycles. The molecule has 84 valence electrons. The van der Waals surface area contributed by atoms with Gasteiger partial charge in [0.2, 0.25) is 0 Å². The predicted molar refractivity (Wildman–Crippen MR) is 67.1 cm³/mol. The molecule has 4 atom stereocenters. The zero-order valence-corrected chi connectivity index (χ0v) is 10.1. The van der Waals surface area contributed by atoms with Gasteiger partial charge in [-0.1, -0.05) is 12.2 Å². The molecule has 1 nitrogen and oxygen atoms in total. The van der Waals surface area contributed by atoms with Gasteiger partial charge in [-0.25, -0.2) is 0 Å². The fraction of sp³-hybridized carbons (Fsp3) is 0.846. The highest BCUT2D eigenvalue weighted by atomic mass is 32.2. The Morgan fingerprint density at radius 1 is 1.20 bits per heavy atom. The first-order valence-electron chi connectivity index (χ1n) is 6.38. The Labute approximate surface area is 97.1 Å².